The Morgan fingerprint density at radius 3 is 2.38 bits per heavy atom. The summed E-state index contributed by atoms with van der Waals surface area (Å²) in [6.45, 7) is 1.33. The lowest BCUT2D eigenvalue weighted by Gasteiger charge is -2.12. The van der Waals surface area contributed by atoms with Gasteiger partial charge in [-0.05, 0) is 61.4 Å². The fourth-order valence-electron chi connectivity index (χ4n) is 2.68. The molecule has 0 bridgehead atoms. The number of ether oxygens (including phenoxy) is 3. The molecule has 1 heterocycles. The van der Waals surface area contributed by atoms with Crippen LogP contribution in [0.3, 0.4) is 0 Å². The second-order valence-electron chi connectivity index (χ2n) is 5.99. The van der Waals surface area contributed by atoms with Gasteiger partial charge in [-0.15, -0.1) is 0 Å². The van der Waals surface area contributed by atoms with Crippen LogP contribution in [0.2, 0.25) is 0 Å². The summed E-state index contributed by atoms with van der Waals surface area (Å²) in [6.07, 6.45) is 2.26. The van der Waals surface area contributed by atoms with Crippen LogP contribution in [0.5, 0.6) is 5.75 Å². The molecule has 26 heavy (non-hydrogen) atoms. The van der Waals surface area contributed by atoms with Crippen LogP contribution in [0.25, 0.3) is 0 Å². The fourth-order valence-corrected chi connectivity index (χ4v) is 2.68. The molecule has 1 N–H and O–H groups in total. The summed E-state index contributed by atoms with van der Waals surface area (Å²) in [7, 11) is 1.33. The van der Waals surface area contributed by atoms with E-state index in [4.69, 9.17) is 9.47 Å². The SMILES string of the molecule is COC(=O)c1ccc(NC(=O)c2ccc(OCC3CCCO3)cc2)cc1. The molecule has 1 aliphatic heterocycles. The van der Waals surface area contributed by atoms with Crippen molar-refractivity contribution in [1.29, 1.82) is 0 Å². The zero-order valence-electron chi connectivity index (χ0n) is 14.6. The number of rotatable bonds is 6. The number of carbonyl (C=O) groups is 2. The predicted octanol–water partition coefficient (Wildman–Crippen LogP) is 3.28. The lowest BCUT2D eigenvalue weighted by Crippen LogP contribution is -2.16. The number of hydrogen-bond acceptors (Lipinski definition) is 5. The molecular weight excluding hydrogens is 334 g/mol. The van der Waals surface area contributed by atoms with Gasteiger partial charge in [0.15, 0.2) is 0 Å². The third kappa shape index (κ3) is 4.61. The summed E-state index contributed by atoms with van der Waals surface area (Å²) in [5, 5.41) is 2.79. The van der Waals surface area contributed by atoms with Crippen molar-refractivity contribution in [3.05, 3.63) is 59.7 Å². The molecule has 0 spiro atoms. The first-order valence-electron chi connectivity index (χ1n) is 8.50. The average Bonchev–Trinajstić information content (AvgIpc) is 3.20. The van der Waals surface area contributed by atoms with Gasteiger partial charge in [-0.25, -0.2) is 4.79 Å². The maximum atomic E-state index is 12.3. The molecule has 6 nitrogen and oxygen atoms in total. The van der Waals surface area contributed by atoms with Crippen molar-refractivity contribution in [2.24, 2.45) is 0 Å². The zero-order valence-corrected chi connectivity index (χ0v) is 14.6. The molecule has 0 radical (unpaired) electrons. The summed E-state index contributed by atoms with van der Waals surface area (Å²) >= 11 is 0. The maximum Gasteiger partial charge on any atom is 0.337 e. The number of hydrogen-bond donors (Lipinski definition) is 1. The van der Waals surface area contributed by atoms with Crippen LogP contribution in [-0.2, 0) is 9.47 Å². The van der Waals surface area contributed by atoms with E-state index >= 15 is 0 Å². The van der Waals surface area contributed by atoms with E-state index in [1.54, 1.807) is 48.5 Å². The summed E-state index contributed by atoms with van der Waals surface area (Å²) in [6, 6.07) is 13.5. The molecule has 0 aliphatic carbocycles. The molecule has 1 saturated heterocycles. The number of anilines is 1. The molecule has 1 atom stereocenters. The minimum atomic E-state index is -0.415. The topological polar surface area (TPSA) is 73.9 Å². The summed E-state index contributed by atoms with van der Waals surface area (Å²) in [5.74, 6) is 0.0578. The molecule has 1 amide bonds. The zero-order chi connectivity index (χ0) is 18.4. The minimum absolute atomic E-state index is 0.158. The predicted molar refractivity (Wildman–Crippen MR) is 96.6 cm³/mol. The highest BCUT2D eigenvalue weighted by atomic mass is 16.5. The third-order valence-electron chi connectivity index (χ3n) is 4.14. The van der Waals surface area contributed by atoms with Gasteiger partial charge in [0.25, 0.3) is 5.91 Å². The summed E-state index contributed by atoms with van der Waals surface area (Å²) < 4.78 is 15.8. The van der Waals surface area contributed by atoms with E-state index in [2.05, 4.69) is 10.1 Å². The van der Waals surface area contributed by atoms with Gasteiger partial charge in [-0.2, -0.15) is 0 Å². The quantitative estimate of drug-likeness (QED) is 0.805. The van der Waals surface area contributed by atoms with Gasteiger partial charge in [-0.1, -0.05) is 0 Å². The van der Waals surface area contributed by atoms with Crippen LogP contribution >= 0.6 is 0 Å². The molecule has 0 aromatic heterocycles. The Morgan fingerprint density at radius 1 is 1.08 bits per heavy atom. The molecule has 1 unspecified atom stereocenters. The van der Waals surface area contributed by atoms with Gasteiger partial charge in [-0.3, -0.25) is 4.79 Å². The Hall–Kier alpha value is -2.86. The lowest BCUT2D eigenvalue weighted by molar-refractivity contribution is 0.0600. The fraction of sp³-hybridized carbons (Fsp3) is 0.300. The van der Waals surface area contributed by atoms with Crippen LogP contribution in [0, 0.1) is 0 Å². The van der Waals surface area contributed by atoms with Gasteiger partial charge in [0.05, 0.1) is 18.8 Å². The number of amides is 1. The van der Waals surface area contributed by atoms with E-state index in [0.717, 1.165) is 19.4 Å². The Balaban J connectivity index is 1.54. The Morgan fingerprint density at radius 2 is 1.77 bits per heavy atom. The Labute approximate surface area is 152 Å². The number of esters is 1. The van der Waals surface area contributed by atoms with Crippen molar-refractivity contribution in [3.8, 4) is 5.75 Å². The van der Waals surface area contributed by atoms with Crippen LogP contribution in [-0.4, -0.2) is 38.3 Å². The largest absolute Gasteiger partial charge is 0.491 e. The van der Waals surface area contributed by atoms with Crippen molar-refractivity contribution in [2.45, 2.75) is 18.9 Å². The first kappa shape index (κ1) is 17.9. The van der Waals surface area contributed by atoms with E-state index in [-0.39, 0.29) is 12.0 Å². The lowest BCUT2D eigenvalue weighted by atomic mass is 10.1. The molecule has 2 aromatic rings. The molecule has 3 rings (SSSR count). The number of nitrogens with one attached hydrogen (secondary N) is 1. The van der Waals surface area contributed by atoms with Crippen molar-refractivity contribution in [3.63, 3.8) is 0 Å². The van der Waals surface area contributed by atoms with Gasteiger partial charge in [0.1, 0.15) is 12.4 Å². The van der Waals surface area contributed by atoms with Crippen LogP contribution in [0.1, 0.15) is 33.6 Å². The van der Waals surface area contributed by atoms with Gasteiger partial charge in [0, 0.05) is 17.9 Å². The third-order valence-corrected chi connectivity index (χ3v) is 4.14. The van der Waals surface area contributed by atoms with E-state index in [0.29, 0.717) is 29.2 Å². The summed E-state index contributed by atoms with van der Waals surface area (Å²) in [4.78, 5) is 23.7. The van der Waals surface area contributed by atoms with Crippen molar-refractivity contribution in [1.82, 2.24) is 0 Å². The first-order valence-corrected chi connectivity index (χ1v) is 8.50. The Bertz CT molecular complexity index is 749. The van der Waals surface area contributed by atoms with Crippen molar-refractivity contribution >= 4 is 17.6 Å². The molecule has 1 fully saturated rings. The molecule has 6 heteroatoms. The highest BCUT2D eigenvalue weighted by Crippen LogP contribution is 2.18. The highest BCUT2D eigenvalue weighted by Gasteiger charge is 2.16. The number of benzene rings is 2. The van der Waals surface area contributed by atoms with Gasteiger partial charge >= 0.3 is 5.97 Å². The number of carbonyl (C=O) groups excluding carboxylic acids is 2. The standard InChI is InChI=1S/C20H21NO5/c1-24-20(23)15-4-8-16(9-5-15)21-19(22)14-6-10-17(11-7-14)26-13-18-3-2-12-25-18/h4-11,18H,2-3,12-13H2,1H3,(H,21,22). The molecular formula is C20H21NO5. The van der Waals surface area contributed by atoms with Crippen molar-refractivity contribution < 1.29 is 23.8 Å². The minimum Gasteiger partial charge on any atom is -0.491 e. The normalized spacial score (nSPS) is 16.1. The van der Waals surface area contributed by atoms with E-state index in [1.807, 2.05) is 0 Å². The van der Waals surface area contributed by atoms with Crippen LogP contribution in [0.15, 0.2) is 48.5 Å². The number of methoxy groups -OCH3 is 1. The summed E-state index contributed by atoms with van der Waals surface area (Å²) in [5.41, 5.74) is 1.55. The first-order chi connectivity index (χ1) is 12.7. The monoisotopic (exact) mass is 355 g/mol. The smallest absolute Gasteiger partial charge is 0.337 e. The second-order valence-corrected chi connectivity index (χ2v) is 5.99. The van der Waals surface area contributed by atoms with Gasteiger partial charge in [0.2, 0.25) is 0 Å². The van der Waals surface area contributed by atoms with E-state index in [1.165, 1.54) is 7.11 Å². The van der Waals surface area contributed by atoms with E-state index < -0.39 is 5.97 Å². The molecule has 1 aliphatic rings. The van der Waals surface area contributed by atoms with Crippen LogP contribution in [0.4, 0.5) is 5.69 Å². The second kappa shape index (κ2) is 8.49. The maximum absolute atomic E-state index is 12.3. The average molecular weight is 355 g/mol. The molecule has 136 valence electrons. The van der Waals surface area contributed by atoms with Gasteiger partial charge < -0.3 is 19.5 Å². The Kier molecular flexibility index (Phi) is 5.86. The highest BCUT2D eigenvalue weighted by molar-refractivity contribution is 6.04. The molecule has 0 saturated carbocycles. The van der Waals surface area contributed by atoms with Crippen molar-refractivity contribution in [2.75, 3.05) is 25.6 Å². The molecule has 2 aromatic carbocycles. The van der Waals surface area contributed by atoms with Crippen LogP contribution < -0.4 is 10.1 Å². The van der Waals surface area contributed by atoms with E-state index in [9.17, 15) is 9.59 Å².